The van der Waals surface area contributed by atoms with Crippen LogP contribution >= 0.6 is 0 Å². The first-order chi connectivity index (χ1) is 7.79. The number of hydrogen-bond donors (Lipinski definition) is 1. The molecule has 1 N–H and O–H groups in total. The summed E-state index contributed by atoms with van der Waals surface area (Å²) in [6.07, 6.45) is -3.64. The SMILES string of the molecule is CCCNC(c1c(C)nn(C)c1C)C(F)(F)F. The van der Waals surface area contributed by atoms with Crippen LogP contribution in [0.15, 0.2) is 0 Å². The van der Waals surface area contributed by atoms with Crippen LogP contribution in [0, 0.1) is 13.8 Å². The second-order valence-corrected chi connectivity index (χ2v) is 4.14. The Hall–Kier alpha value is -1.04. The van der Waals surface area contributed by atoms with Gasteiger partial charge < -0.3 is 5.32 Å². The molecule has 6 heteroatoms. The van der Waals surface area contributed by atoms with Crippen molar-refractivity contribution in [1.29, 1.82) is 0 Å². The van der Waals surface area contributed by atoms with Gasteiger partial charge in [-0.1, -0.05) is 6.92 Å². The molecule has 0 aliphatic carbocycles. The van der Waals surface area contributed by atoms with Crippen molar-refractivity contribution in [3.8, 4) is 0 Å². The molecule has 0 aliphatic heterocycles. The maximum Gasteiger partial charge on any atom is 0.408 e. The zero-order valence-electron chi connectivity index (χ0n) is 10.5. The van der Waals surface area contributed by atoms with Crippen LogP contribution in [0.3, 0.4) is 0 Å². The highest BCUT2D eigenvalue weighted by Gasteiger charge is 2.42. The molecule has 0 aliphatic rings. The van der Waals surface area contributed by atoms with E-state index in [0.29, 0.717) is 24.4 Å². The second kappa shape index (κ2) is 5.08. The smallest absolute Gasteiger partial charge is 0.302 e. The van der Waals surface area contributed by atoms with Gasteiger partial charge in [-0.3, -0.25) is 4.68 Å². The van der Waals surface area contributed by atoms with Crippen LogP contribution in [-0.4, -0.2) is 22.5 Å². The number of rotatable bonds is 4. The van der Waals surface area contributed by atoms with E-state index in [1.807, 2.05) is 6.92 Å². The highest BCUT2D eigenvalue weighted by Crippen LogP contribution is 2.35. The number of alkyl halides is 3. The molecule has 0 radical (unpaired) electrons. The monoisotopic (exact) mass is 249 g/mol. The number of aryl methyl sites for hydroxylation is 2. The number of hydrogen-bond acceptors (Lipinski definition) is 2. The van der Waals surface area contributed by atoms with Gasteiger partial charge >= 0.3 is 6.18 Å². The molecule has 0 bridgehead atoms. The summed E-state index contributed by atoms with van der Waals surface area (Å²) in [5.41, 5.74) is 1.22. The van der Waals surface area contributed by atoms with Gasteiger partial charge in [-0.15, -0.1) is 0 Å². The first-order valence-corrected chi connectivity index (χ1v) is 5.59. The molecule has 0 amide bonds. The summed E-state index contributed by atoms with van der Waals surface area (Å²) in [4.78, 5) is 0. The van der Waals surface area contributed by atoms with Gasteiger partial charge in [-0.05, 0) is 26.8 Å². The van der Waals surface area contributed by atoms with Crippen LogP contribution in [0.1, 0.15) is 36.3 Å². The van der Waals surface area contributed by atoms with Crippen molar-refractivity contribution < 1.29 is 13.2 Å². The van der Waals surface area contributed by atoms with Crippen molar-refractivity contribution in [3.05, 3.63) is 17.0 Å². The Labute approximate surface area is 99.0 Å². The van der Waals surface area contributed by atoms with Gasteiger partial charge in [0.05, 0.1) is 5.69 Å². The van der Waals surface area contributed by atoms with Crippen molar-refractivity contribution in [2.24, 2.45) is 7.05 Å². The Bertz CT molecular complexity index is 382. The Kier molecular flexibility index (Phi) is 4.19. The Balaban J connectivity index is 3.13. The predicted molar refractivity (Wildman–Crippen MR) is 59.8 cm³/mol. The number of aromatic nitrogens is 2. The molecule has 1 unspecified atom stereocenters. The summed E-state index contributed by atoms with van der Waals surface area (Å²) in [5.74, 6) is 0. The average Bonchev–Trinajstić information content (AvgIpc) is 2.43. The number of nitrogens with one attached hydrogen (secondary N) is 1. The Morgan fingerprint density at radius 1 is 1.35 bits per heavy atom. The van der Waals surface area contributed by atoms with Gasteiger partial charge in [-0.2, -0.15) is 18.3 Å². The standard InChI is InChI=1S/C11H18F3N3/c1-5-6-15-10(11(12,13)14)9-7(2)16-17(4)8(9)3/h10,15H,5-6H2,1-4H3. The highest BCUT2D eigenvalue weighted by atomic mass is 19.4. The van der Waals surface area contributed by atoms with Gasteiger partial charge in [0, 0.05) is 18.3 Å². The van der Waals surface area contributed by atoms with Gasteiger partial charge in [0.1, 0.15) is 6.04 Å². The van der Waals surface area contributed by atoms with Crippen molar-refractivity contribution >= 4 is 0 Å². The van der Waals surface area contributed by atoms with E-state index in [4.69, 9.17) is 0 Å². The minimum atomic E-state index is -4.30. The minimum Gasteiger partial charge on any atom is -0.302 e. The molecule has 1 aromatic rings. The summed E-state index contributed by atoms with van der Waals surface area (Å²) in [6, 6.07) is -1.63. The molecule has 0 saturated carbocycles. The summed E-state index contributed by atoms with van der Waals surface area (Å²) >= 11 is 0. The molecule has 0 spiro atoms. The fourth-order valence-corrected chi connectivity index (χ4v) is 1.88. The Morgan fingerprint density at radius 3 is 2.29 bits per heavy atom. The highest BCUT2D eigenvalue weighted by molar-refractivity contribution is 5.29. The van der Waals surface area contributed by atoms with Crippen molar-refractivity contribution in [2.75, 3.05) is 6.54 Å². The maximum atomic E-state index is 13.0. The molecular weight excluding hydrogens is 231 g/mol. The van der Waals surface area contributed by atoms with Crippen LogP contribution < -0.4 is 5.32 Å². The molecule has 1 heterocycles. The van der Waals surface area contributed by atoms with Gasteiger partial charge in [0.15, 0.2) is 0 Å². The fraction of sp³-hybridized carbons (Fsp3) is 0.727. The predicted octanol–water partition coefficient (Wildman–Crippen LogP) is 2.64. The van der Waals surface area contributed by atoms with E-state index in [2.05, 4.69) is 10.4 Å². The summed E-state index contributed by atoms with van der Waals surface area (Å²) in [7, 11) is 1.65. The molecule has 17 heavy (non-hydrogen) atoms. The molecule has 1 rings (SSSR count). The number of nitrogens with zero attached hydrogens (tertiary/aromatic N) is 2. The maximum absolute atomic E-state index is 13.0. The quantitative estimate of drug-likeness (QED) is 0.889. The van der Waals surface area contributed by atoms with E-state index in [1.165, 1.54) is 4.68 Å². The first kappa shape index (κ1) is 14.0. The van der Waals surface area contributed by atoms with Crippen LogP contribution in [-0.2, 0) is 7.05 Å². The summed E-state index contributed by atoms with van der Waals surface area (Å²) in [6.45, 7) is 5.43. The van der Waals surface area contributed by atoms with Crippen molar-refractivity contribution in [3.63, 3.8) is 0 Å². The van der Waals surface area contributed by atoms with E-state index in [0.717, 1.165) is 0 Å². The summed E-state index contributed by atoms with van der Waals surface area (Å²) < 4.78 is 40.5. The molecule has 0 saturated heterocycles. The lowest BCUT2D eigenvalue weighted by Crippen LogP contribution is -2.35. The van der Waals surface area contributed by atoms with E-state index < -0.39 is 12.2 Å². The van der Waals surface area contributed by atoms with Gasteiger partial charge in [0.2, 0.25) is 0 Å². The van der Waals surface area contributed by atoms with E-state index >= 15 is 0 Å². The van der Waals surface area contributed by atoms with E-state index in [9.17, 15) is 13.2 Å². The Morgan fingerprint density at radius 2 is 1.94 bits per heavy atom. The van der Waals surface area contributed by atoms with Crippen LogP contribution in [0.5, 0.6) is 0 Å². The third kappa shape index (κ3) is 3.00. The number of halogens is 3. The molecule has 3 nitrogen and oxygen atoms in total. The van der Waals surface area contributed by atoms with Crippen molar-refractivity contribution in [2.45, 2.75) is 39.4 Å². The lowest BCUT2D eigenvalue weighted by Gasteiger charge is -2.22. The van der Waals surface area contributed by atoms with E-state index in [-0.39, 0.29) is 5.56 Å². The van der Waals surface area contributed by atoms with Crippen LogP contribution in [0.4, 0.5) is 13.2 Å². The molecular formula is C11H18F3N3. The first-order valence-electron chi connectivity index (χ1n) is 5.59. The largest absolute Gasteiger partial charge is 0.408 e. The van der Waals surface area contributed by atoms with Gasteiger partial charge in [0.25, 0.3) is 0 Å². The van der Waals surface area contributed by atoms with Crippen LogP contribution in [0.25, 0.3) is 0 Å². The molecule has 1 atom stereocenters. The topological polar surface area (TPSA) is 29.9 Å². The molecule has 1 aromatic heterocycles. The van der Waals surface area contributed by atoms with Gasteiger partial charge in [-0.25, -0.2) is 0 Å². The summed E-state index contributed by atoms with van der Waals surface area (Å²) in [5, 5.41) is 6.57. The third-order valence-electron chi connectivity index (χ3n) is 2.78. The molecule has 0 aromatic carbocycles. The lowest BCUT2D eigenvalue weighted by molar-refractivity contribution is -0.157. The zero-order valence-corrected chi connectivity index (χ0v) is 10.5. The molecule has 98 valence electrons. The van der Waals surface area contributed by atoms with E-state index in [1.54, 1.807) is 20.9 Å². The fourth-order valence-electron chi connectivity index (χ4n) is 1.88. The normalized spacial score (nSPS) is 14.1. The zero-order chi connectivity index (χ0) is 13.2. The average molecular weight is 249 g/mol. The molecule has 0 fully saturated rings. The third-order valence-corrected chi connectivity index (χ3v) is 2.78. The second-order valence-electron chi connectivity index (χ2n) is 4.14. The van der Waals surface area contributed by atoms with Crippen molar-refractivity contribution in [1.82, 2.24) is 15.1 Å². The van der Waals surface area contributed by atoms with Crippen LogP contribution in [0.2, 0.25) is 0 Å². The minimum absolute atomic E-state index is 0.244. The lowest BCUT2D eigenvalue weighted by atomic mass is 10.0.